The Morgan fingerprint density at radius 3 is 2.47 bits per heavy atom. The van der Waals surface area contributed by atoms with Crippen LogP contribution in [-0.2, 0) is 16.4 Å². The van der Waals surface area contributed by atoms with Crippen molar-refractivity contribution in [1.82, 2.24) is 15.6 Å². The van der Waals surface area contributed by atoms with Crippen molar-refractivity contribution < 1.29 is 27.1 Å². The topological polar surface area (TPSA) is 124 Å². The molecule has 1 aromatic heterocycles. The number of sulfonamides is 1. The van der Waals surface area contributed by atoms with Gasteiger partial charge in [-0.05, 0) is 69.0 Å². The summed E-state index contributed by atoms with van der Waals surface area (Å²) in [6.07, 6.45) is 3.30. The number of benzene rings is 1. The van der Waals surface area contributed by atoms with Crippen LogP contribution in [0.5, 0.6) is 0 Å². The third-order valence-corrected chi connectivity index (χ3v) is 7.95. The van der Waals surface area contributed by atoms with Gasteiger partial charge >= 0.3 is 0 Å². The minimum atomic E-state index is -3.66. The van der Waals surface area contributed by atoms with Gasteiger partial charge in [-0.15, -0.1) is 0 Å². The summed E-state index contributed by atoms with van der Waals surface area (Å²) in [5.74, 6) is -1.73. The molecule has 3 rings (SSSR count). The Balaban J connectivity index is 1.95. The van der Waals surface area contributed by atoms with Gasteiger partial charge in [0.15, 0.2) is 0 Å². The van der Waals surface area contributed by atoms with E-state index < -0.39 is 39.7 Å². The largest absolute Gasteiger partial charge is 0.389 e. The predicted molar refractivity (Wildman–Crippen MR) is 144 cm³/mol. The Morgan fingerprint density at radius 1 is 1.21 bits per heavy atom. The second kappa shape index (κ2) is 12.8. The molecule has 12 heteroatoms. The third kappa shape index (κ3) is 8.08. The zero-order valence-electron chi connectivity index (χ0n) is 22.2. The predicted octanol–water partition coefficient (Wildman–Crippen LogP) is 2.81. The van der Waals surface area contributed by atoms with Crippen molar-refractivity contribution >= 4 is 27.6 Å². The number of anilines is 2. The highest BCUT2D eigenvalue weighted by Crippen LogP contribution is 2.22. The second-order valence-electron chi connectivity index (χ2n) is 9.89. The zero-order chi connectivity index (χ0) is 28.0. The van der Waals surface area contributed by atoms with E-state index in [4.69, 9.17) is 0 Å². The van der Waals surface area contributed by atoms with Crippen LogP contribution in [0.2, 0.25) is 0 Å². The van der Waals surface area contributed by atoms with Crippen LogP contribution in [0.1, 0.15) is 55.5 Å². The van der Waals surface area contributed by atoms with Gasteiger partial charge in [-0.25, -0.2) is 22.2 Å². The van der Waals surface area contributed by atoms with E-state index in [-0.39, 0.29) is 35.4 Å². The highest BCUT2D eigenvalue weighted by atomic mass is 32.2. The molecule has 0 aliphatic carbocycles. The summed E-state index contributed by atoms with van der Waals surface area (Å²) in [7, 11) is -2.32. The van der Waals surface area contributed by atoms with Crippen LogP contribution in [0.25, 0.3) is 0 Å². The van der Waals surface area contributed by atoms with Crippen molar-refractivity contribution in [2.24, 2.45) is 0 Å². The van der Waals surface area contributed by atoms with Gasteiger partial charge in [0.2, 0.25) is 10.0 Å². The molecule has 4 N–H and O–H groups in total. The molecule has 210 valence electrons. The molecule has 38 heavy (non-hydrogen) atoms. The Hall–Kier alpha value is -2.83. The lowest BCUT2D eigenvalue weighted by Gasteiger charge is -2.34. The van der Waals surface area contributed by atoms with Gasteiger partial charge in [-0.3, -0.25) is 9.10 Å². The summed E-state index contributed by atoms with van der Waals surface area (Å²) >= 11 is 0. The van der Waals surface area contributed by atoms with E-state index in [0.29, 0.717) is 18.8 Å². The minimum Gasteiger partial charge on any atom is -0.389 e. The fourth-order valence-electron chi connectivity index (χ4n) is 4.35. The highest BCUT2D eigenvalue weighted by molar-refractivity contribution is 7.92. The molecule has 1 aliphatic rings. The molecule has 0 saturated carbocycles. The van der Waals surface area contributed by atoms with Gasteiger partial charge in [0, 0.05) is 30.8 Å². The van der Waals surface area contributed by atoms with E-state index in [2.05, 4.69) is 20.9 Å². The Labute approximate surface area is 223 Å². The smallest absolute Gasteiger partial charge is 0.251 e. The van der Waals surface area contributed by atoms with E-state index in [1.807, 2.05) is 13.8 Å². The second-order valence-corrected chi connectivity index (χ2v) is 11.9. The lowest BCUT2D eigenvalue weighted by Crippen LogP contribution is -2.55. The number of carbonyl (C=O) groups is 1. The quantitative estimate of drug-likeness (QED) is 0.337. The molecule has 1 amide bonds. The van der Waals surface area contributed by atoms with Crippen LogP contribution in [0.3, 0.4) is 0 Å². The lowest BCUT2D eigenvalue weighted by atomic mass is 9.91. The molecule has 1 saturated heterocycles. The summed E-state index contributed by atoms with van der Waals surface area (Å²) in [5, 5.41) is 20.4. The number of aliphatic hydroxyl groups excluding tert-OH is 1. The molecule has 0 spiro atoms. The van der Waals surface area contributed by atoms with Gasteiger partial charge in [0.25, 0.3) is 5.91 Å². The number of amides is 1. The number of rotatable bonds is 11. The van der Waals surface area contributed by atoms with Crippen molar-refractivity contribution in [3.8, 4) is 0 Å². The molecule has 0 bridgehead atoms. The van der Waals surface area contributed by atoms with E-state index in [1.54, 1.807) is 0 Å². The number of halogens is 2. The maximum atomic E-state index is 13.9. The first kappa shape index (κ1) is 29.7. The fourth-order valence-corrected chi connectivity index (χ4v) is 4.78. The first-order chi connectivity index (χ1) is 17.9. The molecule has 1 aromatic carbocycles. The maximum Gasteiger partial charge on any atom is 0.251 e. The summed E-state index contributed by atoms with van der Waals surface area (Å²) in [6, 6.07) is 4.78. The standard InChI is InChI=1S/C26H37F2N5O4S/c1-5-16(2)30-23-13-18(14-24(32-23)33(3)38(4,36)37)26(35)31-22(25(34)21-8-6-7-9-29-21)12-17-10-19(27)15-20(28)11-17/h10-11,13-16,21-22,25,29,34H,5-9,12H2,1-4H3,(H,30,32)(H,31,35)/t16?,21?,22-,25-/m1/s1. The van der Waals surface area contributed by atoms with Gasteiger partial charge in [-0.1, -0.05) is 13.3 Å². The number of hydrogen-bond donors (Lipinski definition) is 4. The molecular formula is C26H37F2N5O4S. The van der Waals surface area contributed by atoms with E-state index >= 15 is 0 Å². The lowest BCUT2D eigenvalue weighted by molar-refractivity contribution is 0.0646. The SMILES string of the molecule is CCC(C)Nc1cc(C(=O)N[C@H](Cc2cc(F)cc(F)c2)[C@H](O)C2CCCCN2)cc(N(C)S(C)(=O)=O)n1. The number of aromatic nitrogens is 1. The van der Waals surface area contributed by atoms with Crippen LogP contribution < -0.4 is 20.3 Å². The highest BCUT2D eigenvalue weighted by Gasteiger charge is 2.31. The molecule has 0 radical (unpaired) electrons. The van der Waals surface area contributed by atoms with E-state index in [1.165, 1.54) is 31.3 Å². The first-order valence-electron chi connectivity index (χ1n) is 12.8. The fraction of sp³-hybridized carbons (Fsp3) is 0.538. The van der Waals surface area contributed by atoms with Gasteiger partial charge in [0.1, 0.15) is 23.3 Å². The molecule has 1 fully saturated rings. The van der Waals surface area contributed by atoms with Crippen molar-refractivity contribution in [3.63, 3.8) is 0 Å². The van der Waals surface area contributed by atoms with E-state index in [9.17, 15) is 27.1 Å². The van der Waals surface area contributed by atoms with Gasteiger partial charge < -0.3 is 21.1 Å². The first-order valence-corrected chi connectivity index (χ1v) is 14.6. The van der Waals surface area contributed by atoms with Crippen molar-refractivity contribution in [2.45, 2.75) is 70.2 Å². The van der Waals surface area contributed by atoms with Crippen LogP contribution in [0.15, 0.2) is 30.3 Å². The number of hydrogen-bond acceptors (Lipinski definition) is 7. The molecule has 2 unspecified atom stereocenters. The Kier molecular flexibility index (Phi) is 10.0. The molecule has 4 atom stereocenters. The maximum absolute atomic E-state index is 13.9. The Morgan fingerprint density at radius 2 is 1.89 bits per heavy atom. The van der Waals surface area contributed by atoms with Gasteiger partial charge in [0.05, 0.1) is 18.4 Å². The third-order valence-electron chi connectivity index (χ3n) is 6.77. The summed E-state index contributed by atoms with van der Waals surface area (Å²) < 4.78 is 53.1. The van der Waals surface area contributed by atoms with Crippen LogP contribution in [0, 0.1) is 11.6 Å². The summed E-state index contributed by atoms with van der Waals surface area (Å²) in [4.78, 5) is 17.8. The number of carbonyl (C=O) groups excluding carboxylic acids is 1. The zero-order valence-corrected chi connectivity index (χ0v) is 23.0. The van der Waals surface area contributed by atoms with Gasteiger partial charge in [-0.2, -0.15) is 0 Å². The average Bonchev–Trinajstić information content (AvgIpc) is 2.86. The van der Waals surface area contributed by atoms with Crippen molar-refractivity contribution in [1.29, 1.82) is 0 Å². The van der Waals surface area contributed by atoms with Crippen molar-refractivity contribution in [3.05, 3.63) is 53.1 Å². The normalized spacial score (nSPS) is 18.3. The monoisotopic (exact) mass is 553 g/mol. The molecule has 2 heterocycles. The number of pyridine rings is 1. The van der Waals surface area contributed by atoms with Crippen LogP contribution in [-0.4, -0.2) is 68.5 Å². The number of aliphatic hydroxyl groups is 1. The molecule has 1 aliphatic heterocycles. The Bertz CT molecular complexity index is 1200. The number of nitrogens with zero attached hydrogens (tertiary/aromatic N) is 2. The molecular weight excluding hydrogens is 516 g/mol. The van der Waals surface area contributed by atoms with Crippen LogP contribution in [0.4, 0.5) is 20.4 Å². The summed E-state index contributed by atoms with van der Waals surface area (Å²) in [5.41, 5.74) is 0.407. The number of nitrogens with one attached hydrogen (secondary N) is 3. The van der Waals surface area contributed by atoms with Crippen LogP contribution >= 0.6 is 0 Å². The van der Waals surface area contributed by atoms with E-state index in [0.717, 1.165) is 35.9 Å². The molecule has 2 aromatic rings. The number of piperidine rings is 1. The minimum absolute atomic E-state index is 0.00650. The van der Waals surface area contributed by atoms with Crippen molar-refractivity contribution in [2.75, 3.05) is 29.5 Å². The molecule has 9 nitrogen and oxygen atoms in total. The average molecular weight is 554 g/mol. The summed E-state index contributed by atoms with van der Waals surface area (Å²) in [6.45, 7) is 4.61.